The lowest BCUT2D eigenvalue weighted by atomic mass is 10.2. The maximum absolute atomic E-state index is 12.2. The Labute approximate surface area is 145 Å². The number of halogens is 1. The smallest absolute Gasteiger partial charge is 0.230 e. The summed E-state index contributed by atoms with van der Waals surface area (Å²) < 4.78 is 17.6. The van der Waals surface area contributed by atoms with E-state index in [1.54, 1.807) is 18.2 Å². The molecule has 0 aliphatic rings. The molecular weight excluding hydrogens is 341 g/mol. The lowest BCUT2D eigenvalue weighted by Gasteiger charge is -2.04. The summed E-state index contributed by atoms with van der Waals surface area (Å²) in [5.41, 5.74) is 7.95. The molecule has 4 rings (SSSR count). The maximum Gasteiger partial charge on any atom is 0.230 e. The second-order valence-electron chi connectivity index (χ2n) is 5.22. The second kappa shape index (κ2) is 6.24. The van der Waals surface area contributed by atoms with E-state index in [2.05, 4.69) is 29.7 Å². The van der Waals surface area contributed by atoms with Crippen LogP contribution >= 0.6 is 0 Å². The molecule has 0 amide bonds. The number of alkyl halides is 1. The Balaban J connectivity index is 1.78. The second-order valence-corrected chi connectivity index (χ2v) is 5.22. The van der Waals surface area contributed by atoms with E-state index in [1.165, 1.54) is 24.7 Å². The van der Waals surface area contributed by atoms with Crippen LogP contribution in [0.3, 0.4) is 0 Å². The van der Waals surface area contributed by atoms with Crippen LogP contribution in [0.4, 0.5) is 10.2 Å². The first-order valence-electron chi connectivity index (χ1n) is 7.48. The van der Waals surface area contributed by atoms with Crippen LogP contribution in [0.2, 0.25) is 0 Å². The summed E-state index contributed by atoms with van der Waals surface area (Å²) in [5.74, 6) is 0.455. The number of hydrogen-bond donors (Lipinski definition) is 2. The fraction of sp³-hybridized carbons (Fsp3) is 0.0625. The molecule has 0 atom stereocenters. The van der Waals surface area contributed by atoms with Crippen LogP contribution < -0.4 is 10.5 Å². The Morgan fingerprint density at radius 3 is 2.65 bits per heavy atom. The Morgan fingerprint density at radius 2 is 1.92 bits per heavy atom. The fourth-order valence-electron chi connectivity index (χ4n) is 2.45. The van der Waals surface area contributed by atoms with Gasteiger partial charge in [0.1, 0.15) is 5.52 Å². The molecule has 26 heavy (non-hydrogen) atoms. The van der Waals surface area contributed by atoms with E-state index >= 15 is 0 Å². The van der Waals surface area contributed by atoms with Crippen molar-refractivity contribution in [1.82, 2.24) is 29.7 Å². The van der Waals surface area contributed by atoms with Gasteiger partial charge in [-0.2, -0.15) is 0 Å². The van der Waals surface area contributed by atoms with Crippen molar-refractivity contribution in [2.24, 2.45) is 0 Å². The van der Waals surface area contributed by atoms with Gasteiger partial charge in [0.2, 0.25) is 18.6 Å². The first kappa shape index (κ1) is 15.7. The van der Waals surface area contributed by atoms with Gasteiger partial charge in [-0.1, -0.05) is 0 Å². The molecule has 0 fully saturated rings. The lowest BCUT2D eigenvalue weighted by molar-refractivity contribution is 0.185. The molecule has 130 valence electrons. The summed E-state index contributed by atoms with van der Waals surface area (Å²) in [7, 11) is 0. The van der Waals surface area contributed by atoms with Crippen LogP contribution in [0.15, 0.2) is 42.9 Å². The van der Waals surface area contributed by atoms with Crippen LogP contribution in [0.5, 0.6) is 5.88 Å². The zero-order valence-electron chi connectivity index (χ0n) is 13.2. The van der Waals surface area contributed by atoms with Gasteiger partial charge >= 0.3 is 0 Å². The van der Waals surface area contributed by atoms with Gasteiger partial charge < -0.3 is 15.7 Å². The molecule has 0 aromatic carbocycles. The van der Waals surface area contributed by atoms with Crippen LogP contribution in [0.25, 0.3) is 33.9 Å². The summed E-state index contributed by atoms with van der Waals surface area (Å²) in [6.45, 7) is -0.950. The molecule has 0 radical (unpaired) electrons. The third-order valence-corrected chi connectivity index (χ3v) is 3.66. The molecule has 0 unspecified atom stereocenters. The maximum atomic E-state index is 12.2. The number of nitrogens with two attached hydrogens (primary N) is 1. The molecule has 10 heteroatoms. The number of rotatable bonds is 4. The van der Waals surface area contributed by atoms with E-state index < -0.39 is 6.86 Å². The third-order valence-electron chi connectivity index (χ3n) is 3.66. The highest BCUT2D eigenvalue weighted by atomic mass is 19.1. The van der Waals surface area contributed by atoms with Gasteiger partial charge in [0, 0.05) is 30.2 Å². The van der Waals surface area contributed by atoms with Crippen LogP contribution in [-0.4, -0.2) is 41.7 Å². The molecule has 0 spiro atoms. The van der Waals surface area contributed by atoms with Crippen molar-refractivity contribution < 1.29 is 14.3 Å². The average Bonchev–Trinajstić information content (AvgIpc) is 2.99. The van der Waals surface area contributed by atoms with Crippen molar-refractivity contribution in [1.29, 1.82) is 0 Å². The average molecular weight is 353 g/mol. The number of aromatic nitrogens is 6. The van der Waals surface area contributed by atoms with E-state index in [1.807, 2.05) is 0 Å². The summed E-state index contributed by atoms with van der Waals surface area (Å²) in [4.78, 5) is 20.7. The van der Waals surface area contributed by atoms with Crippen molar-refractivity contribution >= 4 is 17.0 Å². The minimum absolute atomic E-state index is 0.139. The van der Waals surface area contributed by atoms with E-state index in [0.29, 0.717) is 16.8 Å². The van der Waals surface area contributed by atoms with E-state index in [-0.39, 0.29) is 28.9 Å². The summed E-state index contributed by atoms with van der Waals surface area (Å²) in [5, 5.41) is 10.4. The summed E-state index contributed by atoms with van der Waals surface area (Å²) in [6.07, 6.45) is 4.40. The molecule has 9 nitrogen and oxygen atoms in total. The zero-order valence-corrected chi connectivity index (χ0v) is 13.2. The molecule has 4 heterocycles. The Morgan fingerprint density at radius 1 is 1.08 bits per heavy atom. The van der Waals surface area contributed by atoms with Gasteiger partial charge in [-0.25, -0.2) is 29.3 Å². The molecule has 0 aliphatic heterocycles. The Hall–Kier alpha value is -3.82. The van der Waals surface area contributed by atoms with Gasteiger partial charge in [0.25, 0.3) is 0 Å². The summed E-state index contributed by atoms with van der Waals surface area (Å²) in [6, 6.07) is 6.65. The Bertz CT molecular complexity index is 1080. The topological polar surface area (TPSA) is 125 Å². The van der Waals surface area contributed by atoms with Crippen molar-refractivity contribution in [2.75, 3.05) is 12.6 Å². The van der Waals surface area contributed by atoms with Crippen LogP contribution in [-0.2, 0) is 0 Å². The highest BCUT2D eigenvalue weighted by Crippen LogP contribution is 2.26. The monoisotopic (exact) mass is 353 g/mol. The van der Waals surface area contributed by atoms with Crippen LogP contribution in [0.1, 0.15) is 0 Å². The van der Waals surface area contributed by atoms with E-state index in [0.717, 1.165) is 4.73 Å². The minimum atomic E-state index is -0.950. The molecule has 4 aromatic heterocycles. The molecule has 3 N–H and O–H groups in total. The highest BCUT2D eigenvalue weighted by Gasteiger charge is 2.18. The van der Waals surface area contributed by atoms with Crippen molar-refractivity contribution in [3.63, 3.8) is 0 Å². The van der Waals surface area contributed by atoms with E-state index in [4.69, 9.17) is 5.73 Å². The van der Waals surface area contributed by atoms with Gasteiger partial charge in [-0.3, -0.25) is 0 Å². The number of fused-ring (bicyclic) bond motifs is 1. The number of nitrogen functional groups attached to an aromatic ring is 1. The predicted octanol–water partition coefficient (Wildman–Crippen LogP) is 2.08. The van der Waals surface area contributed by atoms with Crippen LogP contribution in [0, 0.1) is 0 Å². The number of hydrogen-bond acceptors (Lipinski definition) is 8. The third kappa shape index (κ3) is 2.62. The van der Waals surface area contributed by atoms with Gasteiger partial charge in [-0.15, -0.1) is 4.73 Å². The SMILES string of the molecule is Nc1nccnc1-c1nc2ccc(-c3ccc(OCF)nc3)nc2n1O. The molecule has 0 saturated heterocycles. The molecule has 0 aliphatic carbocycles. The van der Waals surface area contributed by atoms with E-state index in [9.17, 15) is 9.60 Å². The molecule has 4 aromatic rings. The highest BCUT2D eigenvalue weighted by molar-refractivity contribution is 5.80. The fourth-order valence-corrected chi connectivity index (χ4v) is 2.45. The normalized spacial score (nSPS) is 11.0. The van der Waals surface area contributed by atoms with Gasteiger partial charge in [-0.05, 0) is 18.2 Å². The number of ether oxygens (including phenoxy) is 1. The van der Waals surface area contributed by atoms with Gasteiger partial charge in [0.05, 0.1) is 5.69 Å². The molecule has 0 bridgehead atoms. The minimum Gasteiger partial charge on any atom is -0.446 e. The van der Waals surface area contributed by atoms with Crippen molar-refractivity contribution in [3.8, 4) is 28.7 Å². The van der Waals surface area contributed by atoms with Crippen molar-refractivity contribution in [3.05, 3.63) is 42.9 Å². The Kier molecular flexibility index (Phi) is 3.77. The number of pyridine rings is 2. The lowest BCUT2D eigenvalue weighted by Crippen LogP contribution is -2.02. The number of imidazole rings is 1. The first-order valence-corrected chi connectivity index (χ1v) is 7.48. The van der Waals surface area contributed by atoms with Gasteiger partial charge in [0.15, 0.2) is 17.2 Å². The first-order chi connectivity index (χ1) is 12.7. The summed E-state index contributed by atoms with van der Waals surface area (Å²) >= 11 is 0. The van der Waals surface area contributed by atoms with Crippen molar-refractivity contribution in [2.45, 2.75) is 0 Å². The molecule has 0 saturated carbocycles. The predicted molar refractivity (Wildman–Crippen MR) is 90.0 cm³/mol. The molecular formula is C16H12FN7O2. The number of nitrogens with zero attached hydrogens (tertiary/aromatic N) is 6. The number of anilines is 1. The standard InChI is InChI=1S/C16H12FN7O2/c17-8-26-12-4-1-9(7-21-12)10-2-3-11-15(22-10)24(25)16(23-11)13-14(18)20-6-5-19-13/h1-7,25H,8H2,(H2,18,20). The largest absolute Gasteiger partial charge is 0.446 e. The zero-order chi connectivity index (χ0) is 18.1. The quantitative estimate of drug-likeness (QED) is 0.534.